The molecule has 1 aromatic carbocycles. The number of nitro groups is 1. The van der Waals surface area contributed by atoms with E-state index in [2.05, 4.69) is 20.6 Å². The molecule has 0 saturated heterocycles. The number of aryl methyl sites for hydroxylation is 1. The quantitative estimate of drug-likeness (QED) is 0.480. The van der Waals surface area contributed by atoms with Crippen molar-refractivity contribution in [2.75, 3.05) is 12.4 Å². The van der Waals surface area contributed by atoms with E-state index < -0.39 is 16.6 Å². The van der Waals surface area contributed by atoms with Crippen LogP contribution >= 0.6 is 11.6 Å². The van der Waals surface area contributed by atoms with E-state index in [1.165, 1.54) is 0 Å². The molecule has 0 aliphatic heterocycles. The summed E-state index contributed by atoms with van der Waals surface area (Å²) in [6.07, 6.45) is 0. The van der Waals surface area contributed by atoms with Gasteiger partial charge in [0.15, 0.2) is 10.7 Å². The van der Waals surface area contributed by atoms with Crippen molar-refractivity contribution >= 4 is 29.0 Å². The highest BCUT2D eigenvalue weighted by Crippen LogP contribution is 2.27. The van der Waals surface area contributed by atoms with Gasteiger partial charge in [0.05, 0.1) is 30.7 Å². The number of ether oxygens (including phenoxy) is 1. The highest BCUT2D eigenvalue weighted by atomic mass is 35.5. The number of nitrogens with one attached hydrogen (secondary N) is 2. The molecular weight excluding hydrogens is 388 g/mol. The summed E-state index contributed by atoms with van der Waals surface area (Å²) in [5.74, 6) is -0.460. The van der Waals surface area contributed by atoms with Crippen LogP contribution in [0.3, 0.4) is 0 Å². The van der Waals surface area contributed by atoms with Gasteiger partial charge in [-0.15, -0.1) is 5.10 Å². The zero-order chi connectivity index (χ0) is 20.4. The maximum absolute atomic E-state index is 12.5. The molecule has 0 radical (unpaired) electrons. The van der Waals surface area contributed by atoms with Gasteiger partial charge in [0.2, 0.25) is 0 Å². The second-order valence-electron chi connectivity index (χ2n) is 6.00. The summed E-state index contributed by atoms with van der Waals surface area (Å²) >= 11 is 5.87. The van der Waals surface area contributed by atoms with Gasteiger partial charge >= 0.3 is 5.82 Å². The SMILES string of the molecule is COc1cccc(Cn2nc(C)c(NC(=O)c3n[nH]c([N+](=O)[O-])c3Cl)c2C)c1. The molecule has 0 fully saturated rings. The Bertz CT molecular complexity index is 1060. The van der Waals surface area contributed by atoms with Crippen molar-refractivity contribution < 1.29 is 14.5 Å². The van der Waals surface area contributed by atoms with E-state index in [0.29, 0.717) is 17.9 Å². The molecule has 3 aromatic rings. The van der Waals surface area contributed by atoms with Gasteiger partial charge in [0.1, 0.15) is 5.75 Å². The highest BCUT2D eigenvalue weighted by Gasteiger charge is 2.26. The molecule has 11 heteroatoms. The van der Waals surface area contributed by atoms with Crippen LogP contribution in [0.1, 0.15) is 27.4 Å². The lowest BCUT2D eigenvalue weighted by atomic mass is 10.2. The Kier molecular flexibility index (Phi) is 5.32. The number of carbonyl (C=O) groups excluding carboxylic acids is 1. The molecule has 0 saturated carbocycles. The topological polar surface area (TPSA) is 128 Å². The number of hydrogen-bond donors (Lipinski definition) is 2. The highest BCUT2D eigenvalue weighted by molar-refractivity contribution is 6.35. The average molecular weight is 405 g/mol. The van der Waals surface area contributed by atoms with Crippen molar-refractivity contribution in [1.82, 2.24) is 20.0 Å². The van der Waals surface area contributed by atoms with Crippen molar-refractivity contribution in [1.29, 1.82) is 0 Å². The summed E-state index contributed by atoms with van der Waals surface area (Å²) in [4.78, 5) is 22.6. The molecule has 0 bridgehead atoms. The number of hydrogen-bond acceptors (Lipinski definition) is 6. The summed E-state index contributed by atoms with van der Waals surface area (Å²) in [6.45, 7) is 4.04. The molecular formula is C17H17ClN6O4. The number of aromatic nitrogens is 4. The van der Waals surface area contributed by atoms with Gasteiger partial charge in [-0.1, -0.05) is 28.8 Å². The third-order valence-electron chi connectivity index (χ3n) is 4.17. The molecule has 0 aliphatic rings. The fourth-order valence-corrected chi connectivity index (χ4v) is 2.98. The van der Waals surface area contributed by atoms with E-state index >= 15 is 0 Å². The number of halogens is 1. The number of rotatable bonds is 6. The minimum Gasteiger partial charge on any atom is -0.497 e. The van der Waals surface area contributed by atoms with Crippen LogP contribution in [-0.4, -0.2) is 37.9 Å². The van der Waals surface area contributed by atoms with E-state index in [9.17, 15) is 14.9 Å². The first-order valence-electron chi connectivity index (χ1n) is 8.18. The monoisotopic (exact) mass is 404 g/mol. The molecule has 146 valence electrons. The van der Waals surface area contributed by atoms with Crippen LogP contribution < -0.4 is 10.1 Å². The van der Waals surface area contributed by atoms with Gasteiger partial charge in [-0.25, -0.2) is 0 Å². The third kappa shape index (κ3) is 3.67. The lowest BCUT2D eigenvalue weighted by molar-refractivity contribution is -0.389. The summed E-state index contributed by atoms with van der Waals surface area (Å²) < 4.78 is 6.97. The van der Waals surface area contributed by atoms with Crippen LogP contribution in [0.25, 0.3) is 0 Å². The first-order chi connectivity index (χ1) is 13.3. The minimum atomic E-state index is -0.741. The lowest BCUT2D eigenvalue weighted by Gasteiger charge is -2.08. The largest absolute Gasteiger partial charge is 0.497 e. The van der Waals surface area contributed by atoms with Gasteiger partial charge in [0.25, 0.3) is 5.91 Å². The third-order valence-corrected chi connectivity index (χ3v) is 4.53. The van der Waals surface area contributed by atoms with Crippen molar-refractivity contribution in [3.8, 4) is 5.75 Å². The van der Waals surface area contributed by atoms with Crippen LogP contribution in [0, 0.1) is 24.0 Å². The summed E-state index contributed by atoms with van der Waals surface area (Å²) in [5, 5.41) is 23.4. The van der Waals surface area contributed by atoms with Crippen LogP contribution in [0.2, 0.25) is 5.02 Å². The Morgan fingerprint density at radius 3 is 2.82 bits per heavy atom. The van der Waals surface area contributed by atoms with Crippen LogP contribution in [0.4, 0.5) is 11.5 Å². The predicted octanol–water partition coefficient (Wildman–Crippen LogP) is 3.09. The van der Waals surface area contributed by atoms with E-state index in [1.54, 1.807) is 18.7 Å². The summed E-state index contributed by atoms with van der Waals surface area (Å²) in [7, 11) is 1.60. The number of anilines is 1. The second kappa shape index (κ2) is 7.69. The zero-order valence-corrected chi connectivity index (χ0v) is 16.1. The van der Waals surface area contributed by atoms with E-state index in [-0.39, 0.29) is 10.7 Å². The Hall–Kier alpha value is -3.40. The van der Waals surface area contributed by atoms with Gasteiger partial charge in [0, 0.05) is 0 Å². The maximum atomic E-state index is 12.5. The first kappa shape index (κ1) is 19.4. The molecule has 0 atom stereocenters. The Balaban J connectivity index is 1.83. The number of nitrogens with zero attached hydrogens (tertiary/aromatic N) is 4. The fourth-order valence-electron chi connectivity index (χ4n) is 2.74. The number of benzene rings is 1. The van der Waals surface area contributed by atoms with Gasteiger partial charge in [-0.05, 0) is 36.5 Å². The molecule has 10 nitrogen and oxygen atoms in total. The molecule has 0 aliphatic carbocycles. The normalized spacial score (nSPS) is 10.7. The number of H-pyrrole nitrogens is 1. The molecule has 1 amide bonds. The average Bonchev–Trinajstić information content (AvgIpc) is 3.17. The number of methoxy groups -OCH3 is 1. The summed E-state index contributed by atoms with van der Waals surface area (Å²) in [6, 6.07) is 7.58. The van der Waals surface area contributed by atoms with Gasteiger partial charge in [-0.2, -0.15) is 5.10 Å². The smallest absolute Gasteiger partial charge is 0.362 e. The predicted molar refractivity (Wildman–Crippen MR) is 102 cm³/mol. The van der Waals surface area contributed by atoms with Crippen LogP contribution in [0.15, 0.2) is 24.3 Å². The number of carbonyl (C=O) groups is 1. The number of aromatic amines is 1. The second-order valence-corrected chi connectivity index (χ2v) is 6.38. The zero-order valence-electron chi connectivity index (χ0n) is 15.3. The maximum Gasteiger partial charge on any atom is 0.362 e. The molecule has 28 heavy (non-hydrogen) atoms. The Labute approximate surface area is 164 Å². The van der Waals surface area contributed by atoms with Crippen molar-refractivity contribution in [2.45, 2.75) is 20.4 Å². The molecule has 2 N–H and O–H groups in total. The van der Waals surface area contributed by atoms with Crippen LogP contribution in [-0.2, 0) is 6.54 Å². The van der Waals surface area contributed by atoms with Gasteiger partial charge in [-0.3, -0.25) is 9.48 Å². The molecule has 0 unspecified atom stereocenters. The molecule has 2 aromatic heterocycles. The Morgan fingerprint density at radius 2 is 2.18 bits per heavy atom. The lowest BCUT2D eigenvalue weighted by Crippen LogP contribution is -2.14. The summed E-state index contributed by atoms with van der Waals surface area (Å²) in [5.41, 5.74) is 2.53. The molecule has 2 heterocycles. The van der Waals surface area contributed by atoms with E-state index in [0.717, 1.165) is 17.0 Å². The van der Waals surface area contributed by atoms with Crippen LogP contribution in [0.5, 0.6) is 5.75 Å². The van der Waals surface area contributed by atoms with Gasteiger partial charge < -0.3 is 20.2 Å². The fraction of sp³-hybridized carbons (Fsp3) is 0.235. The van der Waals surface area contributed by atoms with E-state index in [4.69, 9.17) is 16.3 Å². The van der Waals surface area contributed by atoms with Crippen molar-refractivity contribution in [3.63, 3.8) is 0 Å². The Morgan fingerprint density at radius 1 is 1.43 bits per heavy atom. The standard InChI is InChI=1S/C17H17ClN6O4/c1-9-14(19-17(25)15-13(18)16(21-20-15)24(26)27)10(2)23(22-9)8-11-5-4-6-12(7-11)28-3/h4-7H,8H2,1-3H3,(H,19,25)(H,20,21). The molecule has 0 spiro atoms. The minimum absolute atomic E-state index is 0.257. The first-order valence-corrected chi connectivity index (χ1v) is 8.56. The van der Waals surface area contributed by atoms with Crippen molar-refractivity contribution in [3.05, 3.63) is 62.0 Å². The van der Waals surface area contributed by atoms with E-state index in [1.807, 2.05) is 31.2 Å². The number of amides is 1. The van der Waals surface area contributed by atoms with Crippen molar-refractivity contribution in [2.24, 2.45) is 0 Å². The molecule has 3 rings (SSSR count).